The Balaban J connectivity index is 1.62. The number of nitrogens with zero attached hydrogens (tertiary/aromatic N) is 3. The fourth-order valence-corrected chi connectivity index (χ4v) is 3.73. The molecule has 1 saturated heterocycles. The maximum atomic E-state index is 12.8. The van der Waals surface area contributed by atoms with Gasteiger partial charge in [-0.25, -0.2) is 0 Å². The molecular formula is C21H27N3O. The number of carbonyl (C=O) groups excluding carboxylic acids is 1. The number of aromatic nitrogens is 1. The van der Waals surface area contributed by atoms with Crippen LogP contribution < -0.4 is 0 Å². The van der Waals surface area contributed by atoms with Gasteiger partial charge in [-0.1, -0.05) is 36.4 Å². The maximum Gasteiger partial charge on any atom is 0.227 e. The first-order chi connectivity index (χ1) is 12.2. The van der Waals surface area contributed by atoms with E-state index in [9.17, 15) is 4.79 Å². The quantitative estimate of drug-likeness (QED) is 0.811. The van der Waals surface area contributed by atoms with E-state index in [1.165, 1.54) is 5.56 Å². The Morgan fingerprint density at radius 3 is 2.76 bits per heavy atom. The number of carbonyl (C=O) groups is 1. The number of benzene rings is 1. The summed E-state index contributed by atoms with van der Waals surface area (Å²) in [6.07, 6.45) is 5.01. The average Bonchev–Trinajstić information content (AvgIpc) is 3.13. The van der Waals surface area contributed by atoms with Crippen molar-refractivity contribution in [3.05, 3.63) is 66.0 Å². The molecule has 1 fully saturated rings. The molecule has 132 valence electrons. The highest BCUT2D eigenvalue weighted by molar-refractivity contribution is 5.79. The summed E-state index contributed by atoms with van der Waals surface area (Å²) < 4.78 is 0. The Labute approximate surface area is 150 Å². The van der Waals surface area contributed by atoms with Gasteiger partial charge >= 0.3 is 0 Å². The lowest BCUT2D eigenvalue weighted by Gasteiger charge is -2.30. The minimum absolute atomic E-state index is 0.203. The van der Waals surface area contributed by atoms with Crippen molar-refractivity contribution in [2.24, 2.45) is 0 Å². The van der Waals surface area contributed by atoms with Gasteiger partial charge in [-0.3, -0.25) is 14.7 Å². The van der Waals surface area contributed by atoms with Crippen molar-refractivity contribution >= 4 is 5.91 Å². The number of pyridine rings is 1. The summed E-state index contributed by atoms with van der Waals surface area (Å²) in [4.78, 5) is 21.4. The van der Waals surface area contributed by atoms with Crippen LogP contribution in [0.2, 0.25) is 0 Å². The molecule has 1 aromatic heterocycles. The van der Waals surface area contributed by atoms with Gasteiger partial charge in [0.15, 0.2) is 0 Å². The first-order valence-electron chi connectivity index (χ1n) is 9.16. The van der Waals surface area contributed by atoms with Crippen LogP contribution >= 0.6 is 0 Å². The van der Waals surface area contributed by atoms with Crippen LogP contribution in [0.5, 0.6) is 0 Å². The van der Waals surface area contributed by atoms with Crippen LogP contribution in [0, 0.1) is 0 Å². The van der Waals surface area contributed by atoms with E-state index < -0.39 is 0 Å². The number of amides is 1. The standard InChI is InChI=1S/C21H27N3O/c1-3-24(21(25)14-18-8-7-12-22-15-18)20-11-13-23(16-20)17(2)19-9-5-4-6-10-19/h4-10,12,15,17,20H,3,11,13-14,16H2,1-2H3/t17-,20-/m0/s1. The summed E-state index contributed by atoms with van der Waals surface area (Å²) in [5, 5.41) is 0. The predicted octanol–water partition coefficient (Wildman–Crippen LogP) is 3.31. The number of likely N-dealkylation sites (tertiary alicyclic amines) is 1. The Morgan fingerprint density at radius 1 is 1.28 bits per heavy atom. The second-order valence-electron chi connectivity index (χ2n) is 6.74. The van der Waals surface area contributed by atoms with Gasteiger partial charge in [0.1, 0.15) is 0 Å². The summed E-state index contributed by atoms with van der Waals surface area (Å²) in [5.41, 5.74) is 2.33. The Morgan fingerprint density at radius 2 is 2.08 bits per heavy atom. The second kappa shape index (κ2) is 8.26. The predicted molar refractivity (Wildman–Crippen MR) is 100 cm³/mol. The van der Waals surface area contributed by atoms with E-state index in [2.05, 4.69) is 54.1 Å². The van der Waals surface area contributed by atoms with Crippen molar-refractivity contribution in [2.45, 2.75) is 38.8 Å². The van der Waals surface area contributed by atoms with Crippen molar-refractivity contribution in [2.75, 3.05) is 19.6 Å². The van der Waals surface area contributed by atoms with E-state index in [0.717, 1.165) is 31.6 Å². The van der Waals surface area contributed by atoms with Gasteiger partial charge in [0.05, 0.1) is 6.42 Å². The van der Waals surface area contributed by atoms with E-state index in [0.29, 0.717) is 18.5 Å². The zero-order valence-electron chi connectivity index (χ0n) is 15.1. The molecule has 2 heterocycles. The summed E-state index contributed by atoms with van der Waals surface area (Å²) >= 11 is 0. The molecule has 0 bridgehead atoms. The van der Waals surface area contributed by atoms with Crippen molar-refractivity contribution in [3.63, 3.8) is 0 Å². The molecule has 0 radical (unpaired) electrons. The van der Waals surface area contributed by atoms with E-state index in [4.69, 9.17) is 0 Å². The molecule has 2 aromatic rings. The Kier molecular flexibility index (Phi) is 5.82. The van der Waals surface area contributed by atoms with Crippen LogP contribution in [0.1, 0.15) is 37.4 Å². The third kappa shape index (κ3) is 4.26. The molecule has 0 aliphatic carbocycles. The SMILES string of the molecule is CCN(C(=O)Cc1cccnc1)[C@H]1CCN([C@@H](C)c2ccccc2)C1. The average molecular weight is 337 g/mol. The highest BCUT2D eigenvalue weighted by Gasteiger charge is 2.32. The first kappa shape index (κ1) is 17.6. The molecule has 2 atom stereocenters. The van der Waals surface area contributed by atoms with Crippen molar-refractivity contribution in [1.29, 1.82) is 0 Å². The van der Waals surface area contributed by atoms with Crippen LogP contribution in [0.25, 0.3) is 0 Å². The molecule has 0 saturated carbocycles. The monoisotopic (exact) mass is 337 g/mol. The van der Waals surface area contributed by atoms with Crippen LogP contribution in [-0.2, 0) is 11.2 Å². The zero-order valence-corrected chi connectivity index (χ0v) is 15.1. The lowest BCUT2D eigenvalue weighted by atomic mass is 10.1. The van der Waals surface area contributed by atoms with E-state index in [1.54, 1.807) is 12.4 Å². The number of hydrogen-bond donors (Lipinski definition) is 0. The largest absolute Gasteiger partial charge is 0.338 e. The topological polar surface area (TPSA) is 36.4 Å². The fraction of sp³-hybridized carbons (Fsp3) is 0.429. The van der Waals surface area contributed by atoms with Crippen LogP contribution in [0.15, 0.2) is 54.9 Å². The molecule has 25 heavy (non-hydrogen) atoms. The second-order valence-corrected chi connectivity index (χ2v) is 6.74. The van der Waals surface area contributed by atoms with Crippen LogP contribution in [0.4, 0.5) is 0 Å². The van der Waals surface area contributed by atoms with Crippen LogP contribution in [0.3, 0.4) is 0 Å². The van der Waals surface area contributed by atoms with Crippen LogP contribution in [-0.4, -0.2) is 46.4 Å². The highest BCUT2D eigenvalue weighted by atomic mass is 16.2. The Hall–Kier alpha value is -2.20. The lowest BCUT2D eigenvalue weighted by Crippen LogP contribution is -2.42. The molecule has 3 rings (SSSR count). The van der Waals surface area contributed by atoms with E-state index in [-0.39, 0.29) is 5.91 Å². The zero-order chi connectivity index (χ0) is 17.6. The van der Waals surface area contributed by atoms with E-state index in [1.807, 2.05) is 17.0 Å². The molecule has 4 heteroatoms. The summed E-state index contributed by atoms with van der Waals surface area (Å²) in [6, 6.07) is 15.2. The maximum absolute atomic E-state index is 12.8. The molecule has 0 unspecified atom stereocenters. The molecule has 1 amide bonds. The molecule has 1 aromatic carbocycles. The van der Waals surface area contributed by atoms with Gasteiger partial charge in [-0.15, -0.1) is 0 Å². The summed E-state index contributed by atoms with van der Waals surface area (Å²) in [6.45, 7) is 7.08. The van der Waals surface area contributed by atoms with Gasteiger partial charge in [0.25, 0.3) is 0 Å². The molecular weight excluding hydrogens is 310 g/mol. The third-order valence-electron chi connectivity index (χ3n) is 5.20. The van der Waals surface area contributed by atoms with Crippen molar-refractivity contribution in [3.8, 4) is 0 Å². The van der Waals surface area contributed by atoms with Crippen molar-refractivity contribution in [1.82, 2.24) is 14.8 Å². The van der Waals surface area contributed by atoms with Gasteiger partial charge in [0.2, 0.25) is 5.91 Å². The smallest absolute Gasteiger partial charge is 0.227 e. The minimum Gasteiger partial charge on any atom is -0.338 e. The number of rotatable bonds is 6. The lowest BCUT2D eigenvalue weighted by molar-refractivity contribution is -0.132. The summed E-state index contributed by atoms with van der Waals surface area (Å²) in [7, 11) is 0. The van der Waals surface area contributed by atoms with Crippen molar-refractivity contribution < 1.29 is 4.79 Å². The Bertz CT molecular complexity index is 674. The normalized spacial score (nSPS) is 18.9. The summed E-state index contributed by atoms with van der Waals surface area (Å²) in [5.74, 6) is 0.203. The molecule has 0 N–H and O–H groups in total. The van der Waals surface area contributed by atoms with Gasteiger partial charge < -0.3 is 4.90 Å². The highest BCUT2D eigenvalue weighted by Crippen LogP contribution is 2.26. The van der Waals surface area contributed by atoms with Gasteiger partial charge in [-0.2, -0.15) is 0 Å². The first-order valence-corrected chi connectivity index (χ1v) is 9.16. The molecule has 1 aliphatic rings. The molecule has 1 aliphatic heterocycles. The third-order valence-corrected chi connectivity index (χ3v) is 5.20. The minimum atomic E-state index is 0.203. The molecule has 0 spiro atoms. The van der Waals surface area contributed by atoms with Gasteiger partial charge in [-0.05, 0) is 37.5 Å². The number of hydrogen-bond acceptors (Lipinski definition) is 3. The number of likely N-dealkylation sites (N-methyl/N-ethyl adjacent to an activating group) is 1. The molecule has 4 nitrogen and oxygen atoms in total. The van der Waals surface area contributed by atoms with Gasteiger partial charge in [0, 0.05) is 44.1 Å². The van der Waals surface area contributed by atoms with E-state index >= 15 is 0 Å². The fourth-order valence-electron chi connectivity index (χ4n) is 3.73.